The summed E-state index contributed by atoms with van der Waals surface area (Å²) in [6.07, 6.45) is 3.77. The van der Waals surface area contributed by atoms with Gasteiger partial charge in [0.05, 0.1) is 18.2 Å². The van der Waals surface area contributed by atoms with Crippen molar-refractivity contribution in [1.29, 1.82) is 0 Å². The number of nitrogens with one attached hydrogen (secondary N) is 1. The van der Waals surface area contributed by atoms with Crippen LogP contribution >= 0.6 is 0 Å². The lowest BCUT2D eigenvalue weighted by Crippen LogP contribution is -2.32. The Kier molecular flexibility index (Phi) is 3.54. The predicted molar refractivity (Wildman–Crippen MR) is 76.9 cm³/mol. The van der Waals surface area contributed by atoms with E-state index in [9.17, 15) is 9.59 Å². The second-order valence-electron chi connectivity index (χ2n) is 5.08. The zero-order valence-corrected chi connectivity index (χ0v) is 11.9. The van der Waals surface area contributed by atoms with E-state index in [0.717, 1.165) is 0 Å². The van der Waals surface area contributed by atoms with Gasteiger partial charge in [-0.2, -0.15) is 0 Å². The molecule has 1 aliphatic rings. The third-order valence-corrected chi connectivity index (χ3v) is 3.59. The van der Waals surface area contributed by atoms with Crippen molar-refractivity contribution in [2.75, 3.05) is 6.61 Å². The highest BCUT2D eigenvalue weighted by Gasteiger charge is 2.25. The molecule has 7 heteroatoms. The number of hydrogen-bond donors (Lipinski definition) is 2. The molecular weight excluding hydrogens is 286 g/mol. The minimum absolute atomic E-state index is 0.0654. The van der Waals surface area contributed by atoms with Gasteiger partial charge >= 0.3 is 5.97 Å². The average Bonchev–Trinajstić information content (AvgIpc) is 2.90. The Balaban J connectivity index is 1.81. The second kappa shape index (κ2) is 5.51. The van der Waals surface area contributed by atoms with Crippen molar-refractivity contribution >= 4 is 11.9 Å². The first-order valence-corrected chi connectivity index (χ1v) is 6.84. The molecule has 0 aliphatic carbocycles. The molecule has 2 N–H and O–H groups in total. The number of carboxylic acid groups (broad SMARTS) is 1. The molecule has 1 unspecified atom stereocenters. The maximum Gasteiger partial charge on any atom is 0.352 e. The summed E-state index contributed by atoms with van der Waals surface area (Å²) in [5.74, 6) is -0.732. The number of carboxylic acids is 1. The van der Waals surface area contributed by atoms with Crippen LogP contribution in [0.1, 0.15) is 39.0 Å². The van der Waals surface area contributed by atoms with E-state index in [-0.39, 0.29) is 17.6 Å². The summed E-state index contributed by atoms with van der Waals surface area (Å²) in [5.41, 5.74) is 1.07. The standard InChI is InChI=1S/C15H15N3O4/c1-18-8-9(7-11(18)15(20)21)14(19)17-10-4-6-22-12-3-2-5-16-13(10)12/h2-3,5,7-8,10H,4,6H2,1H3,(H,17,19)(H,20,21). The number of carbonyl (C=O) groups is 2. The molecule has 0 bridgehead atoms. The van der Waals surface area contributed by atoms with Crippen molar-refractivity contribution in [3.63, 3.8) is 0 Å². The molecule has 0 aromatic carbocycles. The number of pyridine rings is 1. The van der Waals surface area contributed by atoms with Gasteiger partial charge in [0, 0.05) is 25.9 Å². The summed E-state index contributed by atoms with van der Waals surface area (Å²) in [5, 5.41) is 11.9. The number of nitrogens with zero attached hydrogens (tertiary/aromatic N) is 2. The second-order valence-corrected chi connectivity index (χ2v) is 5.08. The van der Waals surface area contributed by atoms with Gasteiger partial charge in [-0.3, -0.25) is 9.78 Å². The highest BCUT2D eigenvalue weighted by atomic mass is 16.5. The van der Waals surface area contributed by atoms with Crippen molar-refractivity contribution in [3.05, 3.63) is 47.5 Å². The Morgan fingerprint density at radius 2 is 2.32 bits per heavy atom. The molecule has 1 aliphatic heterocycles. The van der Waals surface area contributed by atoms with Crippen molar-refractivity contribution in [3.8, 4) is 5.75 Å². The number of rotatable bonds is 3. The van der Waals surface area contributed by atoms with E-state index in [1.165, 1.54) is 16.8 Å². The highest BCUT2D eigenvalue weighted by molar-refractivity contribution is 5.97. The molecule has 1 atom stereocenters. The van der Waals surface area contributed by atoms with Crippen molar-refractivity contribution < 1.29 is 19.4 Å². The topological polar surface area (TPSA) is 93.5 Å². The largest absolute Gasteiger partial charge is 0.491 e. The smallest absolute Gasteiger partial charge is 0.352 e. The summed E-state index contributed by atoms with van der Waals surface area (Å²) in [6.45, 7) is 0.499. The quantitative estimate of drug-likeness (QED) is 0.893. The fourth-order valence-electron chi connectivity index (χ4n) is 2.49. The molecule has 22 heavy (non-hydrogen) atoms. The zero-order chi connectivity index (χ0) is 15.7. The fourth-order valence-corrected chi connectivity index (χ4v) is 2.49. The van der Waals surface area contributed by atoms with Crippen LogP contribution in [0.15, 0.2) is 30.6 Å². The molecule has 0 saturated heterocycles. The molecule has 114 valence electrons. The minimum Gasteiger partial charge on any atom is -0.491 e. The molecule has 2 aromatic heterocycles. The van der Waals surface area contributed by atoms with Gasteiger partial charge in [0.25, 0.3) is 5.91 Å². The van der Waals surface area contributed by atoms with Gasteiger partial charge < -0.3 is 19.7 Å². The maximum atomic E-state index is 12.3. The minimum atomic E-state index is -1.07. The number of aryl methyl sites for hydroxylation is 1. The molecule has 0 radical (unpaired) electrons. The molecule has 0 spiro atoms. The number of aromatic carboxylic acids is 1. The number of carbonyl (C=O) groups excluding carboxylic acids is 1. The summed E-state index contributed by atoms with van der Waals surface area (Å²) in [4.78, 5) is 27.6. The van der Waals surface area contributed by atoms with Crippen molar-refractivity contribution in [1.82, 2.24) is 14.9 Å². The SMILES string of the molecule is Cn1cc(C(=O)NC2CCOc3cccnc32)cc1C(=O)O. The molecule has 1 amide bonds. The van der Waals surface area contributed by atoms with Crippen LogP contribution in [0.25, 0.3) is 0 Å². The summed E-state index contributed by atoms with van der Waals surface area (Å²) in [6, 6.07) is 4.70. The van der Waals surface area contributed by atoms with E-state index in [2.05, 4.69) is 10.3 Å². The lowest BCUT2D eigenvalue weighted by atomic mass is 10.1. The molecule has 0 saturated carbocycles. The van der Waals surface area contributed by atoms with E-state index < -0.39 is 5.97 Å². The first-order valence-electron chi connectivity index (χ1n) is 6.84. The number of hydrogen-bond acceptors (Lipinski definition) is 4. The van der Waals surface area contributed by atoms with Crippen LogP contribution in [-0.2, 0) is 7.05 Å². The monoisotopic (exact) mass is 301 g/mol. The zero-order valence-electron chi connectivity index (χ0n) is 11.9. The van der Waals surface area contributed by atoms with Crippen LogP contribution < -0.4 is 10.1 Å². The van der Waals surface area contributed by atoms with E-state index >= 15 is 0 Å². The Morgan fingerprint density at radius 3 is 3.05 bits per heavy atom. The third kappa shape index (κ3) is 2.52. The van der Waals surface area contributed by atoms with E-state index in [1.54, 1.807) is 19.3 Å². The van der Waals surface area contributed by atoms with Gasteiger partial charge in [-0.25, -0.2) is 4.79 Å². The Bertz CT molecular complexity index is 738. The van der Waals surface area contributed by atoms with Gasteiger partial charge in [0.2, 0.25) is 0 Å². The predicted octanol–water partition coefficient (Wildman–Crippen LogP) is 1.37. The summed E-state index contributed by atoms with van der Waals surface area (Å²) >= 11 is 0. The van der Waals surface area contributed by atoms with Crippen LogP contribution in [0.5, 0.6) is 5.75 Å². The van der Waals surface area contributed by atoms with Crippen molar-refractivity contribution in [2.45, 2.75) is 12.5 Å². The Labute approximate surface area is 126 Å². The van der Waals surface area contributed by atoms with E-state index in [0.29, 0.717) is 30.0 Å². The van der Waals surface area contributed by atoms with Crippen LogP contribution in [0.2, 0.25) is 0 Å². The van der Waals surface area contributed by atoms with Gasteiger partial charge in [0.1, 0.15) is 17.1 Å². The van der Waals surface area contributed by atoms with Crippen LogP contribution in [-0.4, -0.2) is 33.1 Å². The lowest BCUT2D eigenvalue weighted by molar-refractivity contribution is 0.0686. The van der Waals surface area contributed by atoms with E-state index in [1.807, 2.05) is 6.07 Å². The maximum absolute atomic E-state index is 12.3. The Morgan fingerprint density at radius 1 is 1.50 bits per heavy atom. The van der Waals surface area contributed by atoms with E-state index in [4.69, 9.17) is 9.84 Å². The van der Waals surface area contributed by atoms with Crippen molar-refractivity contribution in [2.24, 2.45) is 7.05 Å². The highest BCUT2D eigenvalue weighted by Crippen LogP contribution is 2.29. The Hall–Kier alpha value is -2.83. The average molecular weight is 301 g/mol. The van der Waals surface area contributed by atoms with Gasteiger partial charge in [0.15, 0.2) is 0 Å². The first-order chi connectivity index (χ1) is 10.6. The normalized spacial score (nSPS) is 16.5. The van der Waals surface area contributed by atoms with Gasteiger partial charge in [-0.15, -0.1) is 0 Å². The molecular formula is C15H15N3O4. The molecule has 3 heterocycles. The van der Waals surface area contributed by atoms with Gasteiger partial charge in [-0.05, 0) is 18.2 Å². The van der Waals surface area contributed by atoms with Crippen LogP contribution in [0.4, 0.5) is 0 Å². The molecule has 3 rings (SSSR count). The fraction of sp³-hybridized carbons (Fsp3) is 0.267. The third-order valence-electron chi connectivity index (χ3n) is 3.59. The molecule has 2 aromatic rings. The number of ether oxygens (including phenoxy) is 1. The van der Waals surface area contributed by atoms with Gasteiger partial charge in [-0.1, -0.05) is 0 Å². The van der Waals surface area contributed by atoms with Crippen LogP contribution in [0.3, 0.4) is 0 Å². The molecule has 0 fully saturated rings. The summed E-state index contributed by atoms with van der Waals surface area (Å²) in [7, 11) is 1.59. The number of aromatic nitrogens is 2. The number of amides is 1. The number of fused-ring (bicyclic) bond motifs is 1. The first kappa shape index (κ1) is 14.1. The summed E-state index contributed by atoms with van der Waals surface area (Å²) < 4.78 is 6.91. The molecule has 7 nitrogen and oxygen atoms in total. The lowest BCUT2D eigenvalue weighted by Gasteiger charge is -2.25. The van der Waals surface area contributed by atoms with Crippen LogP contribution in [0, 0.1) is 0 Å².